The highest BCUT2D eigenvalue weighted by atomic mass is 32.1. The lowest BCUT2D eigenvalue weighted by Crippen LogP contribution is -2.50. The summed E-state index contributed by atoms with van der Waals surface area (Å²) in [6.45, 7) is 15.3. The molecule has 0 aromatic rings. The SMILES string of the molecule is CCCCCCCC[N+](CCCCCCCC)(CCCCCCCC)CCCCCCCC.N#C[S-]. The molecule has 0 fully saturated rings. The third-order valence-electron chi connectivity index (χ3n) is 7.94. The number of thiocyanates is 1. The molecule has 0 heterocycles. The first-order chi connectivity index (χ1) is 17.7. The third-order valence-corrected chi connectivity index (χ3v) is 7.94. The number of hydrogen-bond donors (Lipinski definition) is 0. The van der Waals surface area contributed by atoms with E-state index in [1.807, 2.05) is 0 Å². The van der Waals surface area contributed by atoms with Crippen LogP contribution in [0.5, 0.6) is 0 Å². The van der Waals surface area contributed by atoms with Crippen LogP contribution >= 0.6 is 0 Å². The predicted molar refractivity (Wildman–Crippen MR) is 166 cm³/mol. The van der Waals surface area contributed by atoms with Crippen molar-refractivity contribution in [3.8, 4) is 5.40 Å². The second-order valence-electron chi connectivity index (χ2n) is 11.4. The summed E-state index contributed by atoms with van der Waals surface area (Å²) < 4.78 is 1.48. The predicted octanol–water partition coefficient (Wildman–Crippen LogP) is 11.3. The Bertz CT molecular complexity index is 362. The van der Waals surface area contributed by atoms with E-state index in [0.29, 0.717) is 0 Å². The molecule has 0 aliphatic carbocycles. The van der Waals surface area contributed by atoms with Crippen LogP contribution in [0.1, 0.15) is 182 Å². The van der Waals surface area contributed by atoms with Crippen LogP contribution < -0.4 is 0 Å². The molecule has 0 spiro atoms. The van der Waals surface area contributed by atoms with Crippen LogP contribution in [0.3, 0.4) is 0 Å². The van der Waals surface area contributed by atoms with Crippen molar-refractivity contribution in [1.82, 2.24) is 0 Å². The molecular formula is C33H68N2S. The molecule has 0 aliphatic heterocycles. The van der Waals surface area contributed by atoms with Crippen LogP contribution in [0.2, 0.25) is 0 Å². The van der Waals surface area contributed by atoms with Crippen molar-refractivity contribution < 1.29 is 4.48 Å². The minimum absolute atomic E-state index is 1.33. The molecule has 0 bridgehead atoms. The normalized spacial score (nSPS) is 11.2. The van der Waals surface area contributed by atoms with E-state index < -0.39 is 0 Å². The molecule has 0 unspecified atom stereocenters. The molecule has 0 N–H and O–H groups in total. The Labute approximate surface area is 235 Å². The summed E-state index contributed by atoms with van der Waals surface area (Å²) in [4.78, 5) is 0. The zero-order valence-electron chi connectivity index (χ0n) is 25.6. The highest BCUT2D eigenvalue weighted by molar-refractivity contribution is 7.64. The van der Waals surface area contributed by atoms with Crippen molar-refractivity contribution in [3.05, 3.63) is 0 Å². The molecule has 0 aromatic heterocycles. The summed E-state index contributed by atoms with van der Waals surface area (Å²) in [5.74, 6) is 0. The summed E-state index contributed by atoms with van der Waals surface area (Å²) >= 11 is 3.70. The maximum absolute atomic E-state index is 7.13. The maximum atomic E-state index is 7.13. The zero-order valence-corrected chi connectivity index (χ0v) is 26.4. The first-order valence-electron chi connectivity index (χ1n) is 16.5. The van der Waals surface area contributed by atoms with E-state index in [4.69, 9.17) is 5.26 Å². The fourth-order valence-electron chi connectivity index (χ4n) is 5.58. The molecule has 3 heteroatoms. The molecule has 0 saturated heterocycles. The van der Waals surface area contributed by atoms with Gasteiger partial charge < -0.3 is 17.1 Å². The number of nitrogens with zero attached hydrogens (tertiary/aromatic N) is 2. The lowest BCUT2D eigenvalue weighted by molar-refractivity contribution is -0.929. The van der Waals surface area contributed by atoms with Crippen LogP contribution in [-0.4, -0.2) is 30.7 Å². The Morgan fingerprint density at radius 3 is 0.750 bits per heavy atom. The van der Waals surface area contributed by atoms with Crippen molar-refractivity contribution in [3.63, 3.8) is 0 Å². The Kier molecular flexibility index (Phi) is 34.4. The Balaban J connectivity index is 0. The van der Waals surface area contributed by atoms with Gasteiger partial charge in [-0.15, -0.1) is 0 Å². The smallest absolute Gasteiger partial charge is 0.0786 e. The molecule has 216 valence electrons. The quantitative estimate of drug-likeness (QED) is 0.0439. The molecule has 0 radical (unpaired) electrons. The van der Waals surface area contributed by atoms with Gasteiger partial charge in [-0.1, -0.05) is 136 Å². The van der Waals surface area contributed by atoms with Crippen molar-refractivity contribution in [1.29, 1.82) is 5.26 Å². The molecule has 0 amide bonds. The second kappa shape index (κ2) is 32.7. The van der Waals surface area contributed by atoms with Gasteiger partial charge in [0.25, 0.3) is 0 Å². The molecule has 2 nitrogen and oxygen atoms in total. The van der Waals surface area contributed by atoms with Crippen LogP contribution in [0.4, 0.5) is 0 Å². The fourth-order valence-corrected chi connectivity index (χ4v) is 5.58. The van der Waals surface area contributed by atoms with E-state index in [2.05, 4.69) is 40.3 Å². The first kappa shape index (κ1) is 37.8. The molecule has 36 heavy (non-hydrogen) atoms. The van der Waals surface area contributed by atoms with Crippen LogP contribution in [0.15, 0.2) is 0 Å². The van der Waals surface area contributed by atoms with Gasteiger partial charge in [0.05, 0.1) is 26.2 Å². The fraction of sp³-hybridized carbons (Fsp3) is 0.970. The van der Waals surface area contributed by atoms with Crippen LogP contribution in [-0.2, 0) is 12.6 Å². The minimum atomic E-state index is 1.33. The van der Waals surface area contributed by atoms with E-state index in [1.54, 1.807) is 0 Å². The lowest BCUT2D eigenvalue weighted by atomic mass is 10.0. The summed E-state index contributed by atoms with van der Waals surface area (Å²) in [7, 11) is 0. The molecule has 0 aliphatic rings. The van der Waals surface area contributed by atoms with Crippen LogP contribution in [0, 0.1) is 10.7 Å². The van der Waals surface area contributed by atoms with Crippen molar-refractivity contribution in [2.45, 2.75) is 182 Å². The number of unbranched alkanes of at least 4 members (excludes halogenated alkanes) is 20. The average molecular weight is 525 g/mol. The highest BCUT2D eigenvalue weighted by Crippen LogP contribution is 2.20. The van der Waals surface area contributed by atoms with Crippen LogP contribution in [0.25, 0.3) is 0 Å². The van der Waals surface area contributed by atoms with Gasteiger partial charge in [-0.2, -0.15) is 0 Å². The van der Waals surface area contributed by atoms with E-state index >= 15 is 0 Å². The number of nitriles is 1. The lowest BCUT2D eigenvalue weighted by Gasteiger charge is -2.40. The monoisotopic (exact) mass is 525 g/mol. The topological polar surface area (TPSA) is 23.8 Å². The van der Waals surface area contributed by atoms with Gasteiger partial charge in [-0.25, -0.2) is 5.26 Å². The van der Waals surface area contributed by atoms with Gasteiger partial charge in [0.15, 0.2) is 0 Å². The summed E-state index contributed by atoms with van der Waals surface area (Å²) in [5.41, 5.74) is 0. The van der Waals surface area contributed by atoms with Gasteiger partial charge >= 0.3 is 0 Å². The highest BCUT2D eigenvalue weighted by Gasteiger charge is 2.25. The minimum Gasteiger partial charge on any atom is -0.696 e. The van der Waals surface area contributed by atoms with E-state index in [-0.39, 0.29) is 0 Å². The van der Waals surface area contributed by atoms with Gasteiger partial charge in [0, 0.05) is 0 Å². The van der Waals surface area contributed by atoms with Gasteiger partial charge in [0.1, 0.15) is 0 Å². The number of hydrogen-bond acceptors (Lipinski definition) is 2. The standard InChI is InChI=1S/C32H68N.CHNS/c1-5-9-13-17-21-25-29-33(30-26-22-18-14-10-6-2,31-27-23-19-15-11-7-3)32-28-24-20-16-12-8-4;2-1-3/h5-32H2,1-4H3;3H/q+1;/p-1. The second-order valence-corrected chi connectivity index (χ2v) is 11.6. The molecule has 0 rings (SSSR count). The van der Waals surface area contributed by atoms with E-state index in [0.717, 1.165) is 0 Å². The van der Waals surface area contributed by atoms with E-state index in [9.17, 15) is 0 Å². The average Bonchev–Trinajstić information content (AvgIpc) is 2.88. The summed E-state index contributed by atoms with van der Waals surface area (Å²) in [6.07, 6.45) is 34.8. The van der Waals surface area contributed by atoms with E-state index in [1.165, 1.54) is 190 Å². The number of rotatable bonds is 28. The maximum Gasteiger partial charge on any atom is 0.0786 e. The van der Waals surface area contributed by atoms with Crippen molar-refractivity contribution in [2.24, 2.45) is 0 Å². The Morgan fingerprint density at radius 1 is 0.389 bits per heavy atom. The Morgan fingerprint density at radius 2 is 0.556 bits per heavy atom. The largest absolute Gasteiger partial charge is 0.696 e. The molecule has 0 aromatic carbocycles. The first-order valence-corrected chi connectivity index (χ1v) is 16.9. The Hall–Kier alpha value is -0.330. The van der Waals surface area contributed by atoms with Crippen molar-refractivity contribution >= 4 is 12.6 Å². The van der Waals surface area contributed by atoms with Gasteiger partial charge in [-0.05, 0) is 51.4 Å². The summed E-state index contributed by atoms with van der Waals surface area (Å²) in [5, 5.41) is 8.47. The van der Waals surface area contributed by atoms with Gasteiger partial charge in [0.2, 0.25) is 0 Å². The summed E-state index contributed by atoms with van der Waals surface area (Å²) in [6, 6.07) is 0. The van der Waals surface area contributed by atoms with Gasteiger partial charge in [-0.3, -0.25) is 0 Å². The molecular weight excluding hydrogens is 456 g/mol. The zero-order chi connectivity index (χ0) is 27.0. The molecule has 0 saturated carbocycles. The number of quaternary nitrogens is 1. The molecule has 0 atom stereocenters. The van der Waals surface area contributed by atoms with Crippen molar-refractivity contribution in [2.75, 3.05) is 26.2 Å². The third kappa shape index (κ3) is 28.2.